The molecule has 1 heterocycles. The van der Waals surface area contributed by atoms with Crippen LogP contribution in [0.4, 0.5) is 0 Å². The molecule has 0 atom stereocenters. The van der Waals surface area contributed by atoms with E-state index in [2.05, 4.69) is 36.4 Å². The predicted octanol–water partition coefficient (Wildman–Crippen LogP) is 1.87. The lowest BCUT2D eigenvalue weighted by atomic mass is 10.2. The molecule has 0 saturated heterocycles. The van der Waals surface area contributed by atoms with Crippen molar-refractivity contribution in [3.8, 4) is 5.75 Å². The van der Waals surface area contributed by atoms with Crippen molar-refractivity contribution in [2.75, 3.05) is 7.11 Å². The number of rotatable bonds is 5. The van der Waals surface area contributed by atoms with Crippen molar-refractivity contribution in [2.45, 2.75) is 13.1 Å². The molecule has 0 fully saturated rings. The lowest BCUT2D eigenvalue weighted by Crippen LogP contribution is -2.14. The normalized spacial score (nSPS) is 10.5. The molecule has 0 spiro atoms. The Labute approximate surface area is 108 Å². The summed E-state index contributed by atoms with van der Waals surface area (Å²) in [6, 6.07) is 5.93. The van der Waals surface area contributed by atoms with Crippen LogP contribution in [0.5, 0.6) is 5.75 Å². The first kappa shape index (κ1) is 12.1. The van der Waals surface area contributed by atoms with E-state index in [1.54, 1.807) is 7.11 Å². The third-order valence-corrected chi connectivity index (χ3v) is 2.81. The molecule has 90 valence electrons. The number of benzene rings is 1. The minimum Gasteiger partial charge on any atom is -0.496 e. The lowest BCUT2D eigenvalue weighted by molar-refractivity contribution is 0.407. The van der Waals surface area contributed by atoms with Crippen LogP contribution in [0.2, 0.25) is 0 Å². The van der Waals surface area contributed by atoms with Crippen LogP contribution in [0, 0.1) is 0 Å². The van der Waals surface area contributed by atoms with Crippen molar-refractivity contribution in [3.05, 3.63) is 40.4 Å². The van der Waals surface area contributed by atoms with Crippen molar-refractivity contribution in [1.29, 1.82) is 0 Å². The summed E-state index contributed by atoms with van der Waals surface area (Å²) < 4.78 is 6.33. The van der Waals surface area contributed by atoms with Gasteiger partial charge in [0.1, 0.15) is 17.9 Å². The number of nitrogens with one attached hydrogen (secondary N) is 2. The summed E-state index contributed by atoms with van der Waals surface area (Å²) in [6.07, 6.45) is 1.50. The summed E-state index contributed by atoms with van der Waals surface area (Å²) in [6.45, 7) is 1.36. The number of hydrogen-bond donors (Lipinski definition) is 2. The van der Waals surface area contributed by atoms with Crippen LogP contribution in [0.1, 0.15) is 11.4 Å². The Kier molecular flexibility index (Phi) is 4.11. The molecular weight excluding hydrogens is 284 g/mol. The second kappa shape index (κ2) is 5.79. The van der Waals surface area contributed by atoms with Crippen LogP contribution in [0.15, 0.2) is 29.0 Å². The van der Waals surface area contributed by atoms with Crippen molar-refractivity contribution in [2.24, 2.45) is 0 Å². The van der Waals surface area contributed by atoms with Crippen LogP contribution in [-0.2, 0) is 13.1 Å². The monoisotopic (exact) mass is 296 g/mol. The highest BCUT2D eigenvalue weighted by Crippen LogP contribution is 2.22. The molecule has 0 aliphatic carbocycles. The quantitative estimate of drug-likeness (QED) is 0.884. The van der Waals surface area contributed by atoms with Gasteiger partial charge in [0.2, 0.25) is 0 Å². The number of H-pyrrole nitrogens is 1. The standard InChI is InChI=1S/C11H13BrN4O/c1-17-10-3-2-9(12)4-8(10)5-13-6-11-14-7-15-16-11/h2-4,7,13H,5-6H2,1H3,(H,14,15,16). The molecule has 2 aromatic rings. The molecule has 0 aliphatic heterocycles. The van der Waals surface area contributed by atoms with Gasteiger partial charge in [-0.05, 0) is 18.2 Å². The molecule has 6 heteroatoms. The zero-order valence-electron chi connectivity index (χ0n) is 9.40. The Morgan fingerprint density at radius 2 is 2.29 bits per heavy atom. The fourth-order valence-corrected chi connectivity index (χ4v) is 1.93. The molecular formula is C11H13BrN4O. The molecule has 0 radical (unpaired) electrons. The van der Waals surface area contributed by atoms with E-state index in [-0.39, 0.29) is 0 Å². The molecule has 5 nitrogen and oxygen atoms in total. The van der Waals surface area contributed by atoms with E-state index in [0.29, 0.717) is 13.1 Å². The third kappa shape index (κ3) is 3.28. The minimum absolute atomic E-state index is 0.648. The van der Waals surface area contributed by atoms with Gasteiger partial charge in [-0.3, -0.25) is 5.10 Å². The zero-order valence-corrected chi connectivity index (χ0v) is 11.0. The number of hydrogen-bond acceptors (Lipinski definition) is 4. The maximum absolute atomic E-state index is 5.29. The average Bonchev–Trinajstić information content (AvgIpc) is 2.82. The first-order valence-corrected chi connectivity index (χ1v) is 5.96. The smallest absolute Gasteiger partial charge is 0.138 e. The number of halogens is 1. The molecule has 1 aromatic heterocycles. The van der Waals surface area contributed by atoms with Gasteiger partial charge < -0.3 is 10.1 Å². The van der Waals surface area contributed by atoms with Crippen molar-refractivity contribution >= 4 is 15.9 Å². The van der Waals surface area contributed by atoms with Gasteiger partial charge in [0.15, 0.2) is 0 Å². The molecule has 2 rings (SSSR count). The number of methoxy groups -OCH3 is 1. The first-order chi connectivity index (χ1) is 8.29. The van der Waals surface area contributed by atoms with Gasteiger partial charge in [-0.1, -0.05) is 15.9 Å². The maximum Gasteiger partial charge on any atom is 0.138 e. The van der Waals surface area contributed by atoms with Crippen molar-refractivity contribution in [1.82, 2.24) is 20.5 Å². The molecule has 0 aliphatic rings. The summed E-state index contributed by atoms with van der Waals surface area (Å²) in [4.78, 5) is 4.04. The molecule has 17 heavy (non-hydrogen) atoms. The first-order valence-electron chi connectivity index (χ1n) is 5.17. The van der Waals surface area contributed by atoms with Crippen LogP contribution in [-0.4, -0.2) is 22.3 Å². The summed E-state index contributed by atoms with van der Waals surface area (Å²) in [5.74, 6) is 1.69. The topological polar surface area (TPSA) is 62.8 Å². The van der Waals surface area contributed by atoms with Gasteiger partial charge >= 0.3 is 0 Å². The van der Waals surface area contributed by atoms with E-state index < -0.39 is 0 Å². The number of aromatic amines is 1. The Morgan fingerprint density at radius 1 is 1.41 bits per heavy atom. The third-order valence-electron chi connectivity index (χ3n) is 2.32. The Bertz CT molecular complexity index is 472. The Morgan fingerprint density at radius 3 is 3.00 bits per heavy atom. The molecule has 0 amide bonds. The molecule has 0 unspecified atom stereocenters. The molecule has 1 aromatic carbocycles. The van der Waals surface area contributed by atoms with Crippen LogP contribution in [0.25, 0.3) is 0 Å². The van der Waals surface area contributed by atoms with Gasteiger partial charge in [0.25, 0.3) is 0 Å². The molecule has 0 saturated carbocycles. The lowest BCUT2D eigenvalue weighted by Gasteiger charge is -2.09. The second-order valence-electron chi connectivity index (χ2n) is 3.49. The van der Waals surface area contributed by atoms with E-state index in [1.165, 1.54) is 6.33 Å². The Hall–Kier alpha value is -1.40. The highest BCUT2D eigenvalue weighted by Gasteiger charge is 2.03. The highest BCUT2D eigenvalue weighted by atomic mass is 79.9. The van der Waals surface area contributed by atoms with Gasteiger partial charge in [-0.25, -0.2) is 4.98 Å². The van der Waals surface area contributed by atoms with Gasteiger partial charge in [0.05, 0.1) is 13.7 Å². The fourth-order valence-electron chi connectivity index (χ4n) is 1.52. The molecule has 0 bridgehead atoms. The van der Waals surface area contributed by atoms with E-state index in [9.17, 15) is 0 Å². The summed E-state index contributed by atoms with van der Waals surface area (Å²) >= 11 is 3.44. The SMILES string of the molecule is COc1ccc(Br)cc1CNCc1ncn[nH]1. The number of ether oxygens (including phenoxy) is 1. The van der Waals surface area contributed by atoms with Gasteiger partial charge in [-0.2, -0.15) is 5.10 Å². The summed E-state index contributed by atoms with van der Waals surface area (Å²) in [5.41, 5.74) is 1.10. The van der Waals surface area contributed by atoms with Crippen molar-refractivity contribution < 1.29 is 4.74 Å². The van der Waals surface area contributed by atoms with Gasteiger partial charge in [0, 0.05) is 16.6 Å². The van der Waals surface area contributed by atoms with Crippen molar-refractivity contribution in [3.63, 3.8) is 0 Å². The van der Waals surface area contributed by atoms with Crippen LogP contribution < -0.4 is 10.1 Å². The summed E-state index contributed by atoms with van der Waals surface area (Å²) in [7, 11) is 1.67. The van der Waals surface area contributed by atoms with E-state index in [4.69, 9.17) is 4.74 Å². The largest absolute Gasteiger partial charge is 0.496 e. The maximum atomic E-state index is 5.29. The predicted molar refractivity (Wildman–Crippen MR) is 67.6 cm³/mol. The van der Waals surface area contributed by atoms with Crippen LogP contribution in [0.3, 0.4) is 0 Å². The number of nitrogens with zero attached hydrogens (tertiary/aromatic N) is 2. The highest BCUT2D eigenvalue weighted by molar-refractivity contribution is 9.10. The Balaban J connectivity index is 1.96. The van der Waals surface area contributed by atoms with E-state index in [0.717, 1.165) is 21.6 Å². The zero-order chi connectivity index (χ0) is 12.1. The van der Waals surface area contributed by atoms with E-state index >= 15 is 0 Å². The number of aromatic nitrogens is 3. The summed E-state index contributed by atoms with van der Waals surface area (Å²) in [5, 5.41) is 9.86. The fraction of sp³-hybridized carbons (Fsp3) is 0.273. The van der Waals surface area contributed by atoms with Crippen LogP contribution >= 0.6 is 15.9 Å². The second-order valence-corrected chi connectivity index (χ2v) is 4.41. The van der Waals surface area contributed by atoms with E-state index in [1.807, 2.05) is 18.2 Å². The van der Waals surface area contributed by atoms with Gasteiger partial charge in [-0.15, -0.1) is 0 Å². The minimum atomic E-state index is 0.648. The molecule has 2 N–H and O–H groups in total. The average molecular weight is 297 g/mol.